The molecule has 1 aromatic heterocycles. The number of hydrogen-bond donors (Lipinski definition) is 2. The van der Waals surface area contributed by atoms with Gasteiger partial charge in [0.2, 0.25) is 0 Å². The third kappa shape index (κ3) is 4.51. The Morgan fingerprint density at radius 2 is 2.17 bits per heavy atom. The fourth-order valence-electron chi connectivity index (χ4n) is 3.05. The Labute approximate surface area is 136 Å². The average Bonchev–Trinajstić information content (AvgIpc) is 2.56. The van der Waals surface area contributed by atoms with Crippen LogP contribution >= 0.6 is 0 Å². The Hall–Kier alpha value is -1.95. The molecule has 1 fully saturated rings. The Morgan fingerprint density at radius 1 is 1.43 bits per heavy atom. The smallest absolute Gasteiger partial charge is 0.335 e. The van der Waals surface area contributed by atoms with Gasteiger partial charge < -0.3 is 15.2 Å². The maximum absolute atomic E-state index is 12.3. The van der Waals surface area contributed by atoms with Gasteiger partial charge in [-0.05, 0) is 30.9 Å². The number of aromatic carboxylic acids is 1. The molecule has 2 atom stereocenters. The highest BCUT2D eigenvalue weighted by Gasteiger charge is 2.28. The minimum absolute atomic E-state index is 0.0390. The molecule has 1 saturated heterocycles. The molecule has 6 nitrogen and oxygen atoms in total. The van der Waals surface area contributed by atoms with Crippen molar-refractivity contribution in [3.8, 4) is 0 Å². The van der Waals surface area contributed by atoms with E-state index in [1.54, 1.807) is 0 Å². The molecule has 2 rings (SSSR count). The second-order valence-corrected chi connectivity index (χ2v) is 5.92. The van der Waals surface area contributed by atoms with Gasteiger partial charge in [0.1, 0.15) is 5.69 Å². The van der Waals surface area contributed by atoms with E-state index in [0.29, 0.717) is 12.5 Å². The van der Waals surface area contributed by atoms with Crippen LogP contribution in [0.4, 0.5) is 0 Å². The Kier molecular flexibility index (Phi) is 6.10. The Morgan fingerprint density at radius 3 is 2.83 bits per heavy atom. The summed E-state index contributed by atoms with van der Waals surface area (Å²) in [5.74, 6) is -0.896. The molecule has 0 aliphatic carbocycles. The van der Waals surface area contributed by atoms with Crippen molar-refractivity contribution in [2.75, 3.05) is 6.61 Å². The zero-order valence-electron chi connectivity index (χ0n) is 13.6. The first-order chi connectivity index (χ1) is 11.0. The number of carbonyl (C=O) groups is 2. The molecule has 6 heteroatoms. The summed E-state index contributed by atoms with van der Waals surface area (Å²) in [6, 6.07) is 2.71. The van der Waals surface area contributed by atoms with Crippen LogP contribution in [0.5, 0.6) is 0 Å². The molecule has 0 bridgehead atoms. The lowest BCUT2D eigenvalue weighted by atomic mass is 9.89. The molecule has 126 valence electrons. The molecule has 0 spiro atoms. The molecule has 2 N–H and O–H groups in total. The summed E-state index contributed by atoms with van der Waals surface area (Å²) in [5, 5.41) is 11.9. The van der Waals surface area contributed by atoms with E-state index < -0.39 is 5.97 Å². The second kappa shape index (κ2) is 8.06. The quantitative estimate of drug-likeness (QED) is 0.840. The molecule has 0 saturated carbocycles. The van der Waals surface area contributed by atoms with Crippen LogP contribution in [0.2, 0.25) is 0 Å². The van der Waals surface area contributed by atoms with Gasteiger partial charge in [-0.2, -0.15) is 0 Å². The molecule has 0 radical (unpaired) electrons. The normalized spacial score (nSPS) is 21.2. The van der Waals surface area contributed by atoms with Crippen molar-refractivity contribution >= 4 is 11.9 Å². The first kappa shape index (κ1) is 17.4. The Balaban J connectivity index is 1.99. The molecular weight excluding hydrogens is 296 g/mol. The minimum atomic E-state index is -1.07. The summed E-state index contributed by atoms with van der Waals surface area (Å²) in [5.41, 5.74) is 0.197. The SMILES string of the molecule is CCC(CC)C1CC(NC(=O)c2cc(C(=O)O)ccn2)CCO1. The standard InChI is InChI=1S/C17H24N2O4/c1-3-11(4-2)15-10-13(6-8-23-15)19-16(20)14-9-12(17(21)22)5-7-18-14/h5,7,9,11,13,15H,3-4,6,8,10H2,1-2H3,(H,19,20)(H,21,22). The van der Waals surface area contributed by atoms with E-state index in [-0.39, 0.29) is 29.3 Å². The largest absolute Gasteiger partial charge is 0.478 e. The van der Waals surface area contributed by atoms with E-state index in [1.165, 1.54) is 18.3 Å². The molecule has 1 aliphatic rings. The highest BCUT2D eigenvalue weighted by atomic mass is 16.5. The minimum Gasteiger partial charge on any atom is -0.478 e. The zero-order chi connectivity index (χ0) is 16.8. The van der Waals surface area contributed by atoms with Crippen LogP contribution < -0.4 is 5.32 Å². The molecule has 23 heavy (non-hydrogen) atoms. The van der Waals surface area contributed by atoms with Crippen molar-refractivity contribution in [2.45, 2.75) is 51.7 Å². The van der Waals surface area contributed by atoms with E-state index in [0.717, 1.165) is 25.7 Å². The first-order valence-electron chi connectivity index (χ1n) is 8.16. The predicted molar refractivity (Wildman–Crippen MR) is 85.5 cm³/mol. The molecule has 0 aromatic carbocycles. The van der Waals surface area contributed by atoms with E-state index in [4.69, 9.17) is 9.84 Å². The maximum atomic E-state index is 12.3. The van der Waals surface area contributed by atoms with Crippen LogP contribution in [0.3, 0.4) is 0 Å². The molecule has 1 amide bonds. The highest BCUT2D eigenvalue weighted by molar-refractivity contribution is 5.95. The number of nitrogens with one attached hydrogen (secondary N) is 1. The average molecular weight is 320 g/mol. The van der Waals surface area contributed by atoms with Crippen LogP contribution in [-0.2, 0) is 4.74 Å². The number of aromatic nitrogens is 1. The number of pyridine rings is 1. The number of nitrogens with zero attached hydrogens (tertiary/aromatic N) is 1. The number of carboxylic acids is 1. The van der Waals surface area contributed by atoms with E-state index in [2.05, 4.69) is 24.1 Å². The monoisotopic (exact) mass is 320 g/mol. The molecule has 1 aliphatic heterocycles. The van der Waals surface area contributed by atoms with Gasteiger partial charge in [-0.3, -0.25) is 9.78 Å². The van der Waals surface area contributed by atoms with Crippen molar-refractivity contribution in [3.05, 3.63) is 29.6 Å². The third-order valence-corrected chi connectivity index (χ3v) is 4.46. The zero-order valence-corrected chi connectivity index (χ0v) is 13.6. The number of rotatable bonds is 6. The predicted octanol–water partition coefficient (Wildman–Crippen LogP) is 2.49. The van der Waals surface area contributed by atoms with Gasteiger partial charge in [-0.25, -0.2) is 4.79 Å². The summed E-state index contributed by atoms with van der Waals surface area (Å²) >= 11 is 0. The summed E-state index contributed by atoms with van der Waals surface area (Å²) in [6.07, 6.45) is 5.18. The van der Waals surface area contributed by atoms with E-state index in [9.17, 15) is 9.59 Å². The fraction of sp³-hybridized carbons (Fsp3) is 0.588. The summed E-state index contributed by atoms with van der Waals surface area (Å²) in [6.45, 7) is 4.94. The fourth-order valence-corrected chi connectivity index (χ4v) is 3.05. The van der Waals surface area contributed by atoms with Crippen LogP contribution in [0, 0.1) is 5.92 Å². The van der Waals surface area contributed by atoms with Gasteiger partial charge in [0, 0.05) is 18.8 Å². The number of carboxylic acid groups (broad SMARTS) is 1. The molecular formula is C17H24N2O4. The lowest BCUT2D eigenvalue weighted by Crippen LogP contribution is -2.44. The summed E-state index contributed by atoms with van der Waals surface area (Å²) < 4.78 is 5.85. The van der Waals surface area contributed by atoms with E-state index >= 15 is 0 Å². The lowest BCUT2D eigenvalue weighted by molar-refractivity contribution is -0.0337. The maximum Gasteiger partial charge on any atom is 0.335 e. The molecule has 2 unspecified atom stereocenters. The topological polar surface area (TPSA) is 88.5 Å². The van der Waals surface area contributed by atoms with Gasteiger partial charge in [0.05, 0.1) is 11.7 Å². The van der Waals surface area contributed by atoms with Crippen molar-refractivity contribution in [2.24, 2.45) is 5.92 Å². The van der Waals surface area contributed by atoms with Crippen molar-refractivity contribution in [1.29, 1.82) is 0 Å². The molecule has 1 aromatic rings. The van der Waals surface area contributed by atoms with E-state index in [1.807, 2.05) is 0 Å². The number of ether oxygens (including phenoxy) is 1. The number of carbonyl (C=O) groups excluding carboxylic acids is 1. The van der Waals surface area contributed by atoms with Gasteiger partial charge >= 0.3 is 5.97 Å². The summed E-state index contributed by atoms with van der Waals surface area (Å²) in [4.78, 5) is 27.2. The van der Waals surface area contributed by atoms with Gasteiger partial charge in [-0.15, -0.1) is 0 Å². The second-order valence-electron chi connectivity index (χ2n) is 5.92. The van der Waals surface area contributed by atoms with Gasteiger partial charge in [0.15, 0.2) is 0 Å². The third-order valence-electron chi connectivity index (χ3n) is 4.46. The van der Waals surface area contributed by atoms with Crippen molar-refractivity contribution in [3.63, 3.8) is 0 Å². The molecule has 2 heterocycles. The highest BCUT2D eigenvalue weighted by Crippen LogP contribution is 2.25. The van der Waals surface area contributed by atoms with Crippen LogP contribution in [0.25, 0.3) is 0 Å². The van der Waals surface area contributed by atoms with Gasteiger partial charge in [0.25, 0.3) is 5.91 Å². The van der Waals surface area contributed by atoms with Crippen LogP contribution in [0.15, 0.2) is 18.3 Å². The summed E-state index contributed by atoms with van der Waals surface area (Å²) in [7, 11) is 0. The van der Waals surface area contributed by atoms with Crippen LogP contribution in [-0.4, -0.2) is 40.7 Å². The number of amides is 1. The number of hydrogen-bond acceptors (Lipinski definition) is 4. The van der Waals surface area contributed by atoms with Crippen LogP contribution in [0.1, 0.15) is 60.4 Å². The Bertz CT molecular complexity index is 557. The van der Waals surface area contributed by atoms with Crippen molar-refractivity contribution < 1.29 is 19.4 Å². The van der Waals surface area contributed by atoms with Crippen molar-refractivity contribution in [1.82, 2.24) is 10.3 Å². The van der Waals surface area contributed by atoms with Gasteiger partial charge in [-0.1, -0.05) is 26.7 Å². The first-order valence-corrected chi connectivity index (χ1v) is 8.16. The lowest BCUT2D eigenvalue weighted by Gasteiger charge is -2.34.